The molecule has 0 amide bonds. The second-order valence-corrected chi connectivity index (χ2v) is 8.21. The van der Waals surface area contributed by atoms with Gasteiger partial charge in [0.25, 0.3) is 0 Å². The van der Waals surface area contributed by atoms with Crippen LogP contribution in [0.2, 0.25) is 0 Å². The summed E-state index contributed by atoms with van der Waals surface area (Å²) in [6.07, 6.45) is 4.34. The first kappa shape index (κ1) is 13.5. The van der Waals surface area contributed by atoms with Crippen molar-refractivity contribution in [2.75, 3.05) is 0 Å². The zero-order valence-electron chi connectivity index (χ0n) is 11.7. The van der Waals surface area contributed by atoms with E-state index in [-0.39, 0.29) is 4.75 Å². The van der Waals surface area contributed by atoms with Crippen molar-refractivity contribution in [3.05, 3.63) is 46.4 Å². The average Bonchev–Trinajstić information content (AvgIpc) is 2.76. The van der Waals surface area contributed by atoms with Crippen LogP contribution in [0.4, 0.5) is 0 Å². The molecule has 0 bridgehead atoms. The molecule has 2 atom stereocenters. The fourth-order valence-corrected chi connectivity index (χ4v) is 4.00. The highest BCUT2D eigenvalue weighted by atomic mass is 32.2. The molecule has 18 heavy (non-hydrogen) atoms. The molecular formula is C16H22OS. The Morgan fingerprint density at radius 1 is 1.22 bits per heavy atom. The normalized spacial score (nSPS) is 21.8. The number of hydrogen-bond acceptors (Lipinski definition) is 1. The Hall–Kier alpha value is -0.890. The number of hydrogen-bond donors (Lipinski definition) is 0. The highest BCUT2D eigenvalue weighted by molar-refractivity contribution is 7.90. The van der Waals surface area contributed by atoms with Gasteiger partial charge in [-0.15, -0.1) is 0 Å². The van der Waals surface area contributed by atoms with E-state index >= 15 is 0 Å². The fraction of sp³-hybridized carbons (Fsp3) is 0.500. The zero-order valence-corrected chi connectivity index (χ0v) is 12.5. The minimum Gasteiger partial charge on any atom is -0.254 e. The van der Waals surface area contributed by atoms with E-state index in [1.54, 1.807) is 0 Å². The standard InChI is InChI=1S/C16H22OS/c1-12-8-5-6-9-13(12)14-10-7-11-15(14)18(17)16(2,3)4/h5-6,8-9,11,14H,7,10H2,1-4H3/t14-,18?/m0/s1. The van der Waals surface area contributed by atoms with E-state index < -0.39 is 10.8 Å². The first-order valence-corrected chi connectivity index (χ1v) is 7.73. The van der Waals surface area contributed by atoms with Gasteiger partial charge >= 0.3 is 0 Å². The van der Waals surface area contributed by atoms with Gasteiger partial charge in [0.05, 0.1) is 10.8 Å². The van der Waals surface area contributed by atoms with Gasteiger partial charge in [-0.2, -0.15) is 0 Å². The topological polar surface area (TPSA) is 17.1 Å². The van der Waals surface area contributed by atoms with E-state index in [0.717, 1.165) is 17.7 Å². The van der Waals surface area contributed by atoms with Crippen molar-refractivity contribution in [3.63, 3.8) is 0 Å². The van der Waals surface area contributed by atoms with Crippen LogP contribution in [0.25, 0.3) is 0 Å². The third-order valence-electron chi connectivity index (χ3n) is 3.48. The quantitative estimate of drug-likeness (QED) is 0.776. The van der Waals surface area contributed by atoms with Crippen molar-refractivity contribution in [2.24, 2.45) is 0 Å². The van der Waals surface area contributed by atoms with Gasteiger partial charge in [0.1, 0.15) is 0 Å². The van der Waals surface area contributed by atoms with Gasteiger partial charge in [-0.3, -0.25) is 4.21 Å². The lowest BCUT2D eigenvalue weighted by molar-refractivity contribution is 0.649. The summed E-state index contributed by atoms with van der Waals surface area (Å²) >= 11 is 0. The predicted molar refractivity (Wildman–Crippen MR) is 79.1 cm³/mol. The first-order chi connectivity index (χ1) is 8.41. The molecule has 1 aliphatic carbocycles. The molecule has 1 aromatic rings. The third kappa shape index (κ3) is 2.59. The van der Waals surface area contributed by atoms with Crippen LogP contribution in [0.5, 0.6) is 0 Å². The molecule has 1 unspecified atom stereocenters. The smallest absolute Gasteiger partial charge is 0.0545 e. The zero-order chi connectivity index (χ0) is 13.3. The molecule has 2 rings (SSSR count). The van der Waals surface area contributed by atoms with Gasteiger partial charge in [-0.1, -0.05) is 30.3 Å². The Labute approximate surface area is 113 Å². The molecule has 0 saturated carbocycles. The molecule has 0 saturated heterocycles. The number of allylic oxidation sites excluding steroid dienone is 2. The summed E-state index contributed by atoms with van der Waals surface area (Å²) in [4.78, 5) is 1.14. The Balaban J connectivity index is 2.34. The maximum Gasteiger partial charge on any atom is 0.0545 e. The Kier molecular flexibility index (Phi) is 3.76. The van der Waals surface area contributed by atoms with E-state index in [9.17, 15) is 4.21 Å². The van der Waals surface area contributed by atoms with E-state index in [1.807, 2.05) is 0 Å². The second kappa shape index (κ2) is 5.00. The lowest BCUT2D eigenvalue weighted by atomic mass is 9.94. The van der Waals surface area contributed by atoms with Gasteiger partial charge in [0.2, 0.25) is 0 Å². The van der Waals surface area contributed by atoms with Crippen molar-refractivity contribution in [1.29, 1.82) is 0 Å². The van der Waals surface area contributed by atoms with Gasteiger partial charge in [-0.05, 0) is 51.7 Å². The second-order valence-electron chi connectivity index (χ2n) is 5.97. The van der Waals surface area contributed by atoms with Crippen LogP contribution in [0.1, 0.15) is 50.7 Å². The molecule has 0 aliphatic heterocycles. The van der Waals surface area contributed by atoms with Crippen LogP contribution < -0.4 is 0 Å². The minimum absolute atomic E-state index is 0.170. The van der Waals surface area contributed by atoms with Crippen molar-refractivity contribution in [2.45, 2.75) is 51.2 Å². The average molecular weight is 262 g/mol. The summed E-state index contributed by atoms with van der Waals surface area (Å²) in [5.41, 5.74) is 2.65. The van der Waals surface area contributed by atoms with Crippen LogP contribution in [0, 0.1) is 6.92 Å². The summed E-state index contributed by atoms with van der Waals surface area (Å²) in [5, 5.41) is 0. The lowest BCUT2D eigenvalue weighted by Gasteiger charge is -2.24. The van der Waals surface area contributed by atoms with Gasteiger partial charge in [0, 0.05) is 15.6 Å². The number of benzene rings is 1. The highest BCUT2D eigenvalue weighted by Crippen LogP contribution is 2.40. The van der Waals surface area contributed by atoms with E-state index in [1.165, 1.54) is 11.1 Å². The molecule has 0 radical (unpaired) electrons. The third-order valence-corrected chi connectivity index (χ3v) is 5.47. The van der Waals surface area contributed by atoms with Gasteiger partial charge < -0.3 is 0 Å². The van der Waals surface area contributed by atoms with Crippen molar-refractivity contribution in [1.82, 2.24) is 0 Å². The molecule has 1 aliphatic rings. The largest absolute Gasteiger partial charge is 0.254 e. The van der Waals surface area contributed by atoms with Crippen LogP contribution in [0.3, 0.4) is 0 Å². The molecule has 2 heteroatoms. The summed E-state index contributed by atoms with van der Waals surface area (Å²) in [6.45, 7) is 8.30. The predicted octanol–water partition coefficient (Wildman–Crippen LogP) is 4.30. The van der Waals surface area contributed by atoms with Crippen molar-refractivity contribution in [3.8, 4) is 0 Å². The molecule has 0 fully saturated rings. The number of aryl methyl sites for hydroxylation is 1. The van der Waals surface area contributed by atoms with E-state index in [4.69, 9.17) is 0 Å². The maximum atomic E-state index is 12.6. The SMILES string of the molecule is Cc1ccccc1[C@@H]1CCC=C1S(=O)C(C)(C)C. The van der Waals surface area contributed by atoms with Crippen LogP contribution in [-0.4, -0.2) is 8.96 Å². The lowest BCUT2D eigenvalue weighted by Crippen LogP contribution is -2.24. The molecule has 98 valence electrons. The molecule has 1 aromatic carbocycles. The van der Waals surface area contributed by atoms with E-state index in [2.05, 4.69) is 58.0 Å². The first-order valence-electron chi connectivity index (χ1n) is 6.58. The summed E-state index contributed by atoms with van der Waals surface area (Å²) in [7, 11) is -0.890. The Bertz CT molecular complexity index is 494. The maximum absolute atomic E-state index is 12.6. The Morgan fingerprint density at radius 3 is 2.50 bits per heavy atom. The van der Waals surface area contributed by atoms with Crippen molar-refractivity contribution >= 4 is 10.8 Å². The molecule has 0 spiro atoms. The Morgan fingerprint density at radius 2 is 1.89 bits per heavy atom. The highest BCUT2D eigenvalue weighted by Gasteiger charge is 2.32. The summed E-state index contributed by atoms with van der Waals surface area (Å²) < 4.78 is 12.4. The monoisotopic (exact) mass is 262 g/mol. The fourth-order valence-electron chi connectivity index (χ4n) is 2.52. The molecule has 1 nitrogen and oxygen atoms in total. The van der Waals surface area contributed by atoms with Crippen LogP contribution in [-0.2, 0) is 10.8 Å². The number of rotatable bonds is 2. The molecular weight excluding hydrogens is 240 g/mol. The summed E-state index contributed by atoms with van der Waals surface area (Å²) in [5.74, 6) is 0.353. The minimum atomic E-state index is -0.890. The van der Waals surface area contributed by atoms with Gasteiger partial charge in [0.15, 0.2) is 0 Å². The molecule has 0 aromatic heterocycles. The van der Waals surface area contributed by atoms with Gasteiger partial charge in [-0.25, -0.2) is 0 Å². The van der Waals surface area contributed by atoms with E-state index in [0.29, 0.717) is 5.92 Å². The molecule has 0 heterocycles. The summed E-state index contributed by atoms with van der Waals surface area (Å²) in [6, 6.07) is 8.47. The van der Waals surface area contributed by atoms with Crippen LogP contribution >= 0.6 is 0 Å². The van der Waals surface area contributed by atoms with Crippen LogP contribution in [0.15, 0.2) is 35.2 Å². The van der Waals surface area contributed by atoms with Crippen molar-refractivity contribution < 1.29 is 4.21 Å². The molecule has 0 N–H and O–H groups in total.